The average Bonchev–Trinajstić information content (AvgIpc) is 2.82. The molecule has 2 atom stereocenters. The molecule has 3 N–H and O–H groups in total. The van der Waals surface area contributed by atoms with Gasteiger partial charge < -0.3 is 15.8 Å². The minimum Gasteiger partial charge on any atom is -0.490 e. The van der Waals surface area contributed by atoms with Crippen LogP contribution in [0.4, 0.5) is 5.69 Å². The molecule has 0 spiro atoms. The third kappa shape index (κ3) is 3.63. The summed E-state index contributed by atoms with van der Waals surface area (Å²) in [7, 11) is 0. The SMILES string of the molecule is CC1CCCC1C(=O)NCCOc1ccccc1N. The lowest BCUT2D eigenvalue weighted by Gasteiger charge is -2.15. The van der Waals surface area contributed by atoms with Crippen LogP contribution in [0.5, 0.6) is 5.75 Å². The molecule has 2 rings (SSSR count). The van der Waals surface area contributed by atoms with Crippen molar-refractivity contribution in [2.75, 3.05) is 18.9 Å². The zero-order chi connectivity index (χ0) is 13.7. The summed E-state index contributed by atoms with van der Waals surface area (Å²) in [5.41, 5.74) is 6.39. The normalized spacial score (nSPS) is 22.2. The first-order chi connectivity index (χ1) is 9.18. The van der Waals surface area contributed by atoms with Crippen LogP contribution in [0.25, 0.3) is 0 Å². The summed E-state index contributed by atoms with van der Waals surface area (Å²) in [5, 5.41) is 2.94. The largest absolute Gasteiger partial charge is 0.490 e. The Morgan fingerprint density at radius 2 is 2.21 bits per heavy atom. The van der Waals surface area contributed by atoms with Gasteiger partial charge in [0.2, 0.25) is 5.91 Å². The molecule has 0 aliphatic heterocycles. The van der Waals surface area contributed by atoms with Gasteiger partial charge in [-0.1, -0.05) is 25.5 Å². The zero-order valence-corrected chi connectivity index (χ0v) is 11.4. The van der Waals surface area contributed by atoms with Gasteiger partial charge in [0.25, 0.3) is 0 Å². The summed E-state index contributed by atoms with van der Waals surface area (Å²) in [4.78, 5) is 11.9. The molecule has 1 aliphatic rings. The highest BCUT2D eigenvalue weighted by Crippen LogP contribution is 2.31. The molecule has 2 unspecified atom stereocenters. The summed E-state index contributed by atoms with van der Waals surface area (Å²) < 4.78 is 5.54. The van der Waals surface area contributed by atoms with Crippen molar-refractivity contribution in [3.05, 3.63) is 24.3 Å². The first-order valence-electron chi connectivity index (χ1n) is 6.93. The van der Waals surface area contributed by atoms with E-state index in [0.717, 1.165) is 19.3 Å². The lowest BCUT2D eigenvalue weighted by atomic mass is 9.97. The van der Waals surface area contributed by atoms with Crippen molar-refractivity contribution in [2.45, 2.75) is 26.2 Å². The highest BCUT2D eigenvalue weighted by atomic mass is 16.5. The van der Waals surface area contributed by atoms with Crippen molar-refractivity contribution in [2.24, 2.45) is 11.8 Å². The molecule has 4 heteroatoms. The van der Waals surface area contributed by atoms with E-state index in [1.807, 2.05) is 18.2 Å². The van der Waals surface area contributed by atoms with E-state index >= 15 is 0 Å². The summed E-state index contributed by atoms with van der Waals surface area (Å²) >= 11 is 0. The highest BCUT2D eigenvalue weighted by Gasteiger charge is 2.29. The van der Waals surface area contributed by atoms with Crippen molar-refractivity contribution >= 4 is 11.6 Å². The number of hydrogen-bond acceptors (Lipinski definition) is 3. The van der Waals surface area contributed by atoms with Crippen molar-refractivity contribution in [3.8, 4) is 5.75 Å². The molecule has 1 aromatic rings. The van der Waals surface area contributed by atoms with Gasteiger partial charge in [0.15, 0.2) is 0 Å². The van der Waals surface area contributed by atoms with Gasteiger partial charge in [-0.2, -0.15) is 0 Å². The number of hydrogen-bond donors (Lipinski definition) is 2. The number of nitrogen functional groups attached to an aromatic ring is 1. The van der Waals surface area contributed by atoms with Crippen LogP contribution in [0.15, 0.2) is 24.3 Å². The maximum absolute atomic E-state index is 11.9. The Morgan fingerprint density at radius 3 is 2.89 bits per heavy atom. The number of para-hydroxylation sites is 2. The Balaban J connectivity index is 1.69. The quantitative estimate of drug-likeness (QED) is 0.631. The van der Waals surface area contributed by atoms with Crippen LogP contribution in [0.2, 0.25) is 0 Å². The molecule has 1 saturated carbocycles. The average molecular weight is 262 g/mol. The molecule has 0 bridgehead atoms. The third-order valence-electron chi connectivity index (χ3n) is 3.78. The lowest BCUT2D eigenvalue weighted by molar-refractivity contribution is -0.125. The van der Waals surface area contributed by atoms with Gasteiger partial charge in [0, 0.05) is 5.92 Å². The van der Waals surface area contributed by atoms with Crippen molar-refractivity contribution in [1.82, 2.24) is 5.32 Å². The van der Waals surface area contributed by atoms with Gasteiger partial charge in [0.05, 0.1) is 12.2 Å². The van der Waals surface area contributed by atoms with Crippen molar-refractivity contribution in [1.29, 1.82) is 0 Å². The van der Waals surface area contributed by atoms with Crippen LogP contribution in [-0.4, -0.2) is 19.1 Å². The van der Waals surface area contributed by atoms with Crippen molar-refractivity contribution in [3.63, 3.8) is 0 Å². The van der Waals surface area contributed by atoms with E-state index in [2.05, 4.69) is 12.2 Å². The molecule has 0 radical (unpaired) electrons. The van der Waals surface area contributed by atoms with E-state index in [0.29, 0.717) is 30.5 Å². The second kappa shape index (κ2) is 6.45. The second-order valence-corrected chi connectivity index (χ2v) is 5.19. The maximum atomic E-state index is 11.9. The van der Waals surface area contributed by atoms with Gasteiger partial charge in [0.1, 0.15) is 12.4 Å². The van der Waals surface area contributed by atoms with Gasteiger partial charge >= 0.3 is 0 Å². The first-order valence-corrected chi connectivity index (χ1v) is 6.93. The van der Waals surface area contributed by atoms with Crippen LogP contribution in [0.3, 0.4) is 0 Å². The smallest absolute Gasteiger partial charge is 0.223 e. The van der Waals surface area contributed by atoms with E-state index in [4.69, 9.17) is 10.5 Å². The fourth-order valence-corrected chi connectivity index (χ4v) is 2.61. The maximum Gasteiger partial charge on any atom is 0.223 e. The van der Waals surface area contributed by atoms with Gasteiger partial charge in [-0.25, -0.2) is 0 Å². The van der Waals surface area contributed by atoms with E-state index in [1.54, 1.807) is 6.07 Å². The predicted molar refractivity (Wildman–Crippen MR) is 75.9 cm³/mol. The number of benzene rings is 1. The Kier molecular flexibility index (Phi) is 4.66. The van der Waals surface area contributed by atoms with Gasteiger partial charge in [-0.05, 0) is 30.9 Å². The zero-order valence-electron chi connectivity index (χ0n) is 11.4. The van der Waals surface area contributed by atoms with Gasteiger partial charge in [-0.3, -0.25) is 4.79 Å². The Labute approximate surface area is 114 Å². The molecule has 104 valence electrons. The van der Waals surface area contributed by atoms with E-state index in [1.165, 1.54) is 0 Å². The monoisotopic (exact) mass is 262 g/mol. The number of carbonyl (C=O) groups excluding carboxylic acids is 1. The molecule has 0 heterocycles. The molecule has 1 fully saturated rings. The van der Waals surface area contributed by atoms with Crippen molar-refractivity contribution < 1.29 is 9.53 Å². The number of anilines is 1. The van der Waals surface area contributed by atoms with Crippen LogP contribution >= 0.6 is 0 Å². The number of amides is 1. The Morgan fingerprint density at radius 1 is 1.42 bits per heavy atom. The highest BCUT2D eigenvalue weighted by molar-refractivity contribution is 5.79. The van der Waals surface area contributed by atoms with Crippen LogP contribution in [0, 0.1) is 11.8 Å². The number of nitrogens with two attached hydrogens (primary N) is 1. The standard InChI is InChI=1S/C15H22N2O2/c1-11-5-4-6-12(11)15(18)17-9-10-19-14-8-3-2-7-13(14)16/h2-3,7-8,11-12H,4-6,9-10,16H2,1H3,(H,17,18). The minimum atomic E-state index is 0.162. The van der Waals surface area contributed by atoms with Gasteiger partial charge in [-0.15, -0.1) is 0 Å². The topological polar surface area (TPSA) is 64.3 Å². The fourth-order valence-electron chi connectivity index (χ4n) is 2.61. The molecule has 4 nitrogen and oxygen atoms in total. The summed E-state index contributed by atoms with van der Waals surface area (Å²) in [6.45, 7) is 3.12. The fraction of sp³-hybridized carbons (Fsp3) is 0.533. The number of nitrogens with one attached hydrogen (secondary N) is 1. The molecule has 0 aromatic heterocycles. The van der Waals surface area contributed by atoms with Crippen LogP contribution in [-0.2, 0) is 4.79 Å². The minimum absolute atomic E-state index is 0.162. The molecule has 19 heavy (non-hydrogen) atoms. The van der Waals surface area contributed by atoms with E-state index < -0.39 is 0 Å². The molecule has 0 saturated heterocycles. The molecule has 1 aliphatic carbocycles. The number of rotatable bonds is 5. The predicted octanol–water partition coefficient (Wildman–Crippen LogP) is 2.20. The van der Waals surface area contributed by atoms with E-state index in [-0.39, 0.29) is 11.8 Å². The Bertz CT molecular complexity index is 434. The number of carbonyl (C=O) groups is 1. The van der Waals surface area contributed by atoms with Crippen LogP contribution in [0.1, 0.15) is 26.2 Å². The summed E-state index contributed by atoms with van der Waals surface area (Å²) in [5.74, 6) is 1.52. The Hall–Kier alpha value is -1.71. The molecule has 1 amide bonds. The summed E-state index contributed by atoms with van der Waals surface area (Å²) in [6, 6.07) is 7.38. The third-order valence-corrected chi connectivity index (χ3v) is 3.78. The van der Waals surface area contributed by atoms with E-state index in [9.17, 15) is 4.79 Å². The molecular weight excluding hydrogens is 240 g/mol. The second-order valence-electron chi connectivity index (χ2n) is 5.19. The summed E-state index contributed by atoms with van der Waals surface area (Å²) in [6.07, 6.45) is 3.34. The lowest BCUT2D eigenvalue weighted by Crippen LogP contribution is -2.34. The van der Waals surface area contributed by atoms with Crippen LogP contribution < -0.4 is 15.8 Å². The first kappa shape index (κ1) is 13.7. The molecule has 1 aromatic carbocycles. The number of ether oxygens (including phenoxy) is 1. The molecular formula is C15H22N2O2.